The molecule has 6 nitrogen and oxygen atoms in total. The fraction of sp³-hybridized carbons (Fsp3) is 0.0500. The zero-order valence-corrected chi connectivity index (χ0v) is 14.1. The van der Waals surface area contributed by atoms with Crippen molar-refractivity contribution in [2.75, 3.05) is 11.1 Å². The SMILES string of the molecule is [C-]#[N+]c1ccc(Nc2nc(-c3cccc(N)c3C)cn3ccnc23)cc1. The van der Waals surface area contributed by atoms with Crippen molar-refractivity contribution >= 4 is 28.5 Å². The highest BCUT2D eigenvalue weighted by Crippen LogP contribution is 2.29. The number of benzene rings is 2. The summed E-state index contributed by atoms with van der Waals surface area (Å²) in [6, 6.07) is 13.1. The number of nitrogen functional groups attached to an aromatic ring is 1. The van der Waals surface area contributed by atoms with Crippen molar-refractivity contribution < 1.29 is 0 Å². The molecule has 0 saturated heterocycles. The summed E-state index contributed by atoms with van der Waals surface area (Å²) in [7, 11) is 0. The van der Waals surface area contributed by atoms with E-state index in [4.69, 9.17) is 17.3 Å². The molecule has 6 heteroatoms. The van der Waals surface area contributed by atoms with Crippen LogP contribution in [0, 0.1) is 13.5 Å². The van der Waals surface area contributed by atoms with Crippen LogP contribution in [0.1, 0.15) is 5.56 Å². The van der Waals surface area contributed by atoms with E-state index in [9.17, 15) is 0 Å². The van der Waals surface area contributed by atoms with Gasteiger partial charge in [-0.15, -0.1) is 0 Å². The first-order chi connectivity index (χ1) is 12.7. The number of imidazole rings is 1. The number of nitrogens with zero attached hydrogens (tertiary/aromatic N) is 4. The van der Waals surface area contributed by atoms with Gasteiger partial charge in [0.1, 0.15) is 0 Å². The molecule has 0 radical (unpaired) electrons. The Kier molecular flexibility index (Phi) is 3.75. The van der Waals surface area contributed by atoms with E-state index in [1.807, 2.05) is 54.0 Å². The van der Waals surface area contributed by atoms with E-state index in [0.717, 1.165) is 33.8 Å². The Morgan fingerprint density at radius 3 is 2.73 bits per heavy atom. The molecule has 0 aliphatic heterocycles. The van der Waals surface area contributed by atoms with Gasteiger partial charge in [-0.2, -0.15) is 0 Å². The summed E-state index contributed by atoms with van der Waals surface area (Å²) >= 11 is 0. The van der Waals surface area contributed by atoms with E-state index in [1.165, 1.54) is 0 Å². The molecule has 3 N–H and O–H groups in total. The number of hydrogen-bond acceptors (Lipinski definition) is 4. The number of anilines is 3. The molecule has 0 atom stereocenters. The zero-order valence-electron chi connectivity index (χ0n) is 14.1. The number of nitrogens with one attached hydrogen (secondary N) is 1. The molecule has 0 bridgehead atoms. The lowest BCUT2D eigenvalue weighted by molar-refractivity contribution is 1.13. The van der Waals surface area contributed by atoms with Crippen LogP contribution in [0.3, 0.4) is 0 Å². The van der Waals surface area contributed by atoms with Crippen molar-refractivity contribution in [2.45, 2.75) is 6.92 Å². The van der Waals surface area contributed by atoms with Crippen molar-refractivity contribution in [3.63, 3.8) is 0 Å². The Morgan fingerprint density at radius 2 is 1.96 bits per heavy atom. The van der Waals surface area contributed by atoms with Crippen molar-refractivity contribution in [3.05, 3.63) is 78.0 Å². The van der Waals surface area contributed by atoms with E-state index < -0.39 is 0 Å². The summed E-state index contributed by atoms with van der Waals surface area (Å²) in [6.45, 7) is 9.04. The molecule has 0 unspecified atom stereocenters. The monoisotopic (exact) mass is 340 g/mol. The highest BCUT2D eigenvalue weighted by atomic mass is 15.1. The predicted molar refractivity (Wildman–Crippen MR) is 104 cm³/mol. The highest BCUT2D eigenvalue weighted by molar-refractivity contribution is 5.76. The molecule has 2 aromatic carbocycles. The fourth-order valence-corrected chi connectivity index (χ4v) is 2.83. The molecule has 26 heavy (non-hydrogen) atoms. The first-order valence-electron chi connectivity index (χ1n) is 8.09. The first kappa shape index (κ1) is 15.7. The average molecular weight is 340 g/mol. The maximum absolute atomic E-state index is 7.05. The Bertz CT molecular complexity index is 1140. The van der Waals surface area contributed by atoms with Gasteiger partial charge < -0.3 is 15.5 Å². The maximum Gasteiger partial charge on any atom is 0.187 e. The molecule has 0 saturated carbocycles. The number of hydrogen-bond donors (Lipinski definition) is 2. The van der Waals surface area contributed by atoms with Crippen molar-refractivity contribution in [1.82, 2.24) is 14.4 Å². The van der Waals surface area contributed by atoms with Crippen LogP contribution in [0.5, 0.6) is 0 Å². The fourth-order valence-electron chi connectivity index (χ4n) is 2.83. The highest BCUT2D eigenvalue weighted by Gasteiger charge is 2.12. The minimum absolute atomic E-state index is 0.596. The van der Waals surface area contributed by atoms with Crippen molar-refractivity contribution in [3.8, 4) is 11.3 Å². The van der Waals surface area contributed by atoms with Crippen LogP contribution in [-0.2, 0) is 0 Å². The van der Waals surface area contributed by atoms with E-state index in [-0.39, 0.29) is 0 Å². The van der Waals surface area contributed by atoms with Gasteiger partial charge in [-0.3, -0.25) is 0 Å². The third-order valence-corrected chi connectivity index (χ3v) is 4.28. The summed E-state index contributed by atoms with van der Waals surface area (Å²) in [6.07, 6.45) is 5.56. The summed E-state index contributed by atoms with van der Waals surface area (Å²) in [5.74, 6) is 0.643. The van der Waals surface area contributed by atoms with Gasteiger partial charge in [0.05, 0.1) is 12.3 Å². The van der Waals surface area contributed by atoms with E-state index >= 15 is 0 Å². The van der Waals surface area contributed by atoms with E-state index in [1.54, 1.807) is 18.3 Å². The van der Waals surface area contributed by atoms with Crippen LogP contribution in [0.2, 0.25) is 0 Å². The van der Waals surface area contributed by atoms with E-state index in [2.05, 4.69) is 15.1 Å². The Hall–Kier alpha value is -3.85. The topological polar surface area (TPSA) is 72.6 Å². The molecule has 0 aliphatic rings. The number of rotatable bonds is 3. The van der Waals surface area contributed by atoms with E-state index in [0.29, 0.717) is 11.5 Å². The van der Waals surface area contributed by atoms with Gasteiger partial charge in [0.2, 0.25) is 0 Å². The lowest BCUT2D eigenvalue weighted by atomic mass is 10.0. The van der Waals surface area contributed by atoms with Gasteiger partial charge in [0, 0.05) is 35.5 Å². The summed E-state index contributed by atoms with van der Waals surface area (Å²) in [5, 5.41) is 3.30. The van der Waals surface area contributed by atoms with Gasteiger partial charge in [-0.25, -0.2) is 14.8 Å². The molecule has 0 amide bonds. The third-order valence-electron chi connectivity index (χ3n) is 4.28. The Morgan fingerprint density at radius 1 is 1.15 bits per heavy atom. The Labute approximate surface area is 150 Å². The van der Waals surface area contributed by atoms with Crippen LogP contribution >= 0.6 is 0 Å². The molecule has 4 rings (SSSR count). The van der Waals surface area contributed by atoms with Gasteiger partial charge in [-0.1, -0.05) is 24.3 Å². The van der Waals surface area contributed by atoms with Crippen LogP contribution in [0.4, 0.5) is 22.9 Å². The summed E-state index contributed by atoms with van der Waals surface area (Å²) in [5.41, 5.74) is 11.7. The quantitative estimate of drug-likeness (QED) is 0.423. The van der Waals surface area contributed by atoms with Gasteiger partial charge >= 0.3 is 0 Å². The third kappa shape index (κ3) is 2.72. The van der Waals surface area contributed by atoms with Crippen LogP contribution < -0.4 is 11.1 Å². The molecular formula is C20H16N6. The number of nitrogens with two attached hydrogens (primary N) is 1. The first-order valence-corrected chi connectivity index (χ1v) is 8.09. The normalized spacial score (nSPS) is 10.6. The molecular weight excluding hydrogens is 324 g/mol. The number of fused-ring (bicyclic) bond motifs is 1. The predicted octanol–water partition coefficient (Wildman–Crippen LogP) is 4.58. The molecule has 0 spiro atoms. The lowest BCUT2D eigenvalue weighted by Gasteiger charge is -2.12. The van der Waals surface area contributed by atoms with Crippen LogP contribution in [-0.4, -0.2) is 14.4 Å². The second-order valence-corrected chi connectivity index (χ2v) is 5.94. The van der Waals surface area contributed by atoms with Gasteiger partial charge in [0.25, 0.3) is 0 Å². The summed E-state index contributed by atoms with van der Waals surface area (Å²) < 4.78 is 1.93. The largest absolute Gasteiger partial charge is 0.398 e. The lowest BCUT2D eigenvalue weighted by Crippen LogP contribution is -2.01. The second kappa shape index (κ2) is 6.22. The molecule has 4 aromatic rings. The van der Waals surface area contributed by atoms with Crippen molar-refractivity contribution in [1.29, 1.82) is 0 Å². The average Bonchev–Trinajstić information content (AvgIpc) is 3.13. The maximum atomic E-state index is 7.05. The minimum Gasteiger partial charge on any atom is -0.398 e. The van der Waals surface area contributed by atoms with Crippen LogP contribution in [0.25, 0.3) is 21.7 Å². The van der Waals surface area contributed by atoms with Crippen LogP contribution in [0.15, 0.2) is 61.1 Å². The minimum atomic E-state index is 0.596. The zero-order chi connectivity index (χ0) is 18.1. The van der Waals surface area contributed by atoms with Gasteiger partial charge in [-0.05, 0) is 30.7 Å². The summed E-state index contributed by atoms with van der Waals surface area (Å²) in [4.78, 5) is 12.6. The Balaban J connectivity index is 1.82. The molecule has 126 valence electrons. The molecule has 0 aliphatic carbocycles. The molecule has 2 heterocycles. The number of aromatic nitrogens is 3. The van der Waals surface area contributed by atoms with Crippen molar-refractivity contribution in [2.24, 2.45) is 0 Å². The second-order valence-electron chi connectivity index (χ2n) is 5.94. The smallest absolute Gasteiger partial charge is 0.187 e. The molecule has 2 aromatic heterocycles. The standard InChI is InChI=1S/C20H16N6/c1-13-16(4-3-5-17(13)21)18-12-26-11-10-23-20(26)19(25-18)24-15-8-6-14(22-2)7-9-15/h3-12H,21H2,1H3,(H,24,25). The van der Waals surface area contributed by atoms with Gasteiger partial charge in [0.15, 0.2) is 17.2 Å². The molecule has 0 fully saturated rings.